The lowest BCUT2D eigenvalue weighted by Gasteiger charge is -2.50. The Hall–Kier alpha value is -5.42. The Morgan fingerprint density at radius 3 is 2.30 bits per heavy atom. The molecular weight excluding hydrogens is 738 g/mol. The molecule has 270 valence electrons. The Morgan fingerprint density at radius 1 is 0.887 bits per heavy atom. The third-order valence-electron chi connectivity index (χ3n) is 11.6. The average Bonchev–Trinajstić information content (AvgIpc) is 3.54. The number of amides is 4. The minimum Gasteiger partial charge on any atom is -0.508 e. The molecule has 4 aliphatic rings. The predicted octanol–water partition coefficient (Wildman–Crippen LogP) is 6.40. The summed E-state index contributed by atoms with van der Waals surface area (Å²) in [4.78, 5) is 59.9. The van der Waals surface area contributed by atoms with Crippen molar-refractivity contribution in [2.24, 2.45) is 23.7 Å². The van der Waals surface area contributed by atoms with Gasteiger partial charge in [0.15, 0.2) is 11.5 Å². The van der Waals surface area contributed by atoms with Gasteiger partial charge >= 0.3 is 0 Å². The maximum atomic E-state index is 15.3. The summed E-state index contributed by atoms with van der Waals surface area (Å²) >= 11 is 3.50. The number of phenols is 2. The largest absolute Gasteiger partial charge is 0.508 e. The molecule has 2 aliphatic carbocycles. The number of carbonyl (C=O) groups excluding carboxylic acids is 4. The van der Waals surface area contributed by atoms with Crippen LogP contribution in [0.1, 0.15) is 41.0 Å². The Labute approximate surface area is 315 Å². The molecule has 1 saturated carbocycles. The highest BCUT2D eigenvalue weighted by Crippen LogP contribution is 2.64. The molecule has 0 aromatic heterocycles. The first-order chi connectivity index (χ1) is 25.5. The Bertz CT molecular complexity index is 2170. The fourth-order valence-electron chi connectivity index (χ4n) is 9.23. The van der Waals surface area contributed by atoms with E-state index in [2.05, 4.69) is 21.4 Å². The average molecular weight is 777 g/mol. The number of carbonyl (C=O) groups is 4. The number of likely N-dealkylation sites (tertiary alicyclic amines) is 1. The van der Waals surface area contributed by atoms with Crippen molar-refractivity contribution in [3.05, 3.63) is 129 Å². The second-order valence-corrected chi connectivity index (χ2v) is 15.2. The summed E-state index contributed by atoms with van der Waals surface area (Å²) in [7, 11) is 1.45. The summed E-state index contributed by atoms with van der Waals surface area (Å²) < 4.78 is 5.94. The number of methoxy groups -OCH3 is 1. The second-order valence-electron chi connectivity index (χ2n) is 14.4. The number of nitrogens with one attached hydrogen (secondary N) is 1. The van der Waals surface area contributed by atoms with E-state index in [0.717, 1.165) is 21.7 Å². The van der Waals surface area contributed by atoms with Crippen LogP contribution in [0.5, 0.6) is 17.2 Å². The molecule has 53 heavy (non-hydrogen) atoms. The van der Waals surface area contributed by atoms with E-state index in [4.69, 9.17) is 4.74 Å². The van der Waals surface area contributed by atoms with Crippen LogP contribution in [0, 0.1) is 30.6 Å². The van der Waals surface area contributed by atoms with Gasteiger partial charge in [-0.3, -0.25) is 29.5 Å². The van der Waals surface area contributed by atoms with Crippen molar-refractivity contribution >= 4 is 45.2 Å². The highest BCUT2D eigenvalue weighted by atomic mass is 79.9. The molecule has 6 atom stereocenters. The molecule has 0 unspecified atom stereocenters. The molecule has 4 aromatic rings. The molecule has 11 heteroatoms. The van der Waals surface area contributed by atoms with Crippen LogP contribution in [0.2, 0.25) is 0 Å². The van der Waals surface area contributed by atoms with Crippen LogP contribution in [0.15, 0.2) is 107 Å². The minimum absolute atomic E-state index is 0.107. The number of halogens is 1. The van der Waals surface area contributed by atoms with Crippen LogP contribution in [-0.4, -0.2) is 57.4 Å². The number of aryl methyl sites for hydroxylation is 1. The highest BCUT2D eigenvalue weighted by molar-refractivity contribution is 9.10. The van der Waals surface area contributed by atoms with Crippen LogP contribution in [0.3, 0.4) is 0 Å². The first-order valence-corrected chi connectivity index (χ1v) is 18.5. The van der Waals surface area contributed by atoms with E-state index in [1.807, 2.05) is 67.6 Å². The number of anilines is 1. The van der Waals surface area contributed by atoms with Gasteiger partial charge in [0.1, 0.15) is 5.75 Å². The number of rotatable bonds is 8. The van der Waals surface area contributed by atoms with Gasteiger partial charge in [-0.15, -0.1) is 0 Å². The lowest BCUT2D eigenvalue weighted by atomic mass is 9.49. The number of hydrogen-bond acceptors (Lipinski definition) is 8. The summed E-state index contributed by atoms with van der Waals surface area (Å²) in [6.45, 7) is 2.14. The van der Waals surface area contributed by atoms with E-state index >= 15 is 4.79 Å². The smallest absolute Gasteiger partial charge is 0.260 e. The molecule has 0 radical (unpaired) electrons. The van der Waals surface area contributed by atoms with Gasteiger partial charge < -0.3 is 14.9 Å². The van der Waals surface area contributed by atoms with Crippen molar-refractivity contribution in [2.75, 3.05) is 19.1 Å². The summed E-state index contributed by atoms with van der Waals surface area (Å²) in [5.74, 6) is -4.68. The van der Waals surface area contributed by atoms with Gasteiger partial charge in [-0.25, -0.2) is 0 Å². The molecule has 4 aromatic carbocycles. The molecular formula is C42H38BrN3O7. The van der Waals surface area contributed by atoms with Crippen molar-refractivity contribution in [1.82, 2.24) is 9.91 Å². The minimum atomic E-state index is -1.45. The Kier molecular flexibility index (Phi) is 8.64. The number of nitrogens with zero attached hydrogens (tertiary/aromatic N) is 2. The number of allylic oxidation sites excluding steroid dienone is 2. The van der Waals surface area contributed by atoms with Gasteiger partial charge in [0.2, 0.25) is 11.8 Å². The summed E-state index contributed by atoms with van der Waals surface area (Å²) in [5, 5.41) is 21.7. The number of hydrazine groups is 1. The number of ether oxygens (including phenoxy) is 1. The summed E-state index contributed by atoms with van der Waals surface area (Å²) in [6, 6.07) is 26.9. The number of phenolic OH excluding ortho intramolecular Hbond substituents is 2. The molecule has 8 rings (SSSR count). The maximum absolute atomic E-state index is 15.3. The van der Waals surface area contributed by atoms with Crippen LogP contribution in [-0.2, 0) is 31.0 Å². The topological polar surface area (TPSA) is 136 Å². The van der Waals surface area contributed by atoms with Crippen molar-refractivity contribution in [3.63, 3.8) is 0 Å². The van der Waals surface area contributed by atoms with E-state index in [-0.39, 0.29) is 42.0 Å². The molecule has 3 N–H and O–H groups in total. The van der Waals surface area contributed by atoms with Crippen molar-refractivity contribution in [1.29, 1.82) is 0 Å². The van der Waals surface area contributed by atoms with Crippen molar-refractivity contribution < 1.29 is 34.1 Å². The number of aromatic hydroxyl groups is 2. The zero-order chi connectivity index (χ0) is 37.2. The first-order valence-electron chi connectivity index (χ1n) is 17.7. The lowest BCUT2D eigenvalue weighted by molar-refractivity contribution is -0.141. The third-order valence-corrected chi connectivity index (χ3v) is 12.3. The van der Waals surface area contributed by atoms with Gasteiger partial charge in [-0.2, -0.15) is 5.01 Å². The van der Waals surface area contributed by atoms with Crippen molar-refractivity contribution in [2.45, 2.75) is 37.5 Å². The summed E-state index contributed by atoms with van der Waals surface area (Å²) in [6.07, 6.45) is 2.91. The normalized spacial score (nSPS) is 26.2. The first kappa shape index (κ1) is 34.7. The summed E-state index contributed by atoms with van der Waals surface area (Å²) in [5.41, 5.74) is 6.22. The molecule has 0 spiro atoms. The second kappa shape index (κ2) is 13.2. The van der Waals surface area contributed by atoms with Crippen LogP contribution >= 0.6 is 15.9 Å². The number of hydrogen-bond donors (Lipinski definition) is 3. The quantitative estimate of drug-likeness (QED) is 0.138. The molecule has 4 amide bonds. The maximum Gasteiger partial charge on any atom is 0.260 e. The SMILES string of the molecule is COc1cc([C@H]2C3=CC[C@@H]4C(=O)N(CCc5ccc(O)cc5)C(=O)[C@@H]4[C@@H]3C[C@H]3C(=O)N(Nc4ccc(C)cc4)C(=O)[C@@]23c2ccccc2)cc(Br)c1O. The molecule has 2 saturated heterocycles. The van der Waals surface area contributed by atoms with Gasteiger partial charge in [0.05, 0.1) is 40.4 Å². The van der Waals surface area contributed by atoms with Gasteiger partial charge in [0, 0.05) is 12.5 Å². The van der Waals surface area contributed by atoms with Gasteiger partial charge in [0.25, 0.3) is 11.8 Å². The number of imide groups is 2. The molecule has 2 aliphatic heterocycles. The van der Waals surface area contributed by atoms with E-state index in [1.54, 1.807) is 36.4 Å². The monoisotopic (exact) mass is 775 g/mol. The molecule has 0 bridgehead atoms. The fraction of sp³-hybridized carbons (Fsp3) is 0.286. The van der Waals surface area contributed by atoms with Crippen LogP contribution in [0.25, 0.3) is 0 Å². The molecule has 10 nitrogen and oxygen atoms in total. The zero-order valence-electron chi connectivity index (χ0n) is 29.2. The van der Waals surface area contributed by atoms with Gasteiger partial charge in [-0.1, -0.05) is 71.8 Å². The van der Waals surface area contributed by atoms with E-state index < -0.39 is 46.8 Å². The molecule has 3 fully saturated rings. The number of benzene rings is 4. The van der Waals surface area contributed by atoms with Crippen LogP contribution in [0.4, 0.5) is 5.69 Å². The van der Waals surface area contributed by atoms with Crippen LogP contribution < -0.4 is 10.2 Å². The molecule has 2 heterocycles. The standard InChI is InChI=1S/C42H38BrN3O7/c1-23-8-12-27(13-9-23)44-46-39(50)32-22-31-29(16-17-30-35(31)40(51)45(38(30)49)19-18-24-10-14-28(47)15-11-24)36(25-20-33(43)37(48)34(21-25)53-2)42(32,41(46)52)26-6-4-3-5-7-26/h3-16,20-21,30-32,35-36,44,47-48H,17-19,22H2,1-2H3/t30-,31+,32-,35-,36-,42+/m0/s1. The van der Waals surface area contributed by atoms with E-state index in [1.165, 1.54) is 12.0 Å². The zero-order valence-corrected chi connectivity index (χ0v) is 30.7. The highest BCUT2D eigenvalue weighted by Gasteiger charge is 2.70. The predicted molar refractivity (Wildman–Crippen MR) is 200 cm³/mol. The Morgan fingerprint density at radius 2 is 1.60 bits per heavy atom. The third kappa shape index (κ3) is 5.43. The van der Waals surface area contributed by atoms with E-state index in [9.17, 15) is 24.6 Å². The number of fused-ring (bicyclic) bond motifs is 4. The van der Waals surface area contributed by atoms with Crippen molar-refractivity contribution in [3.8, 4) is 17.2 Å². The van der Waals surface area contributed by atoms with E-state index in [0.29, 0.717) is 34.1 Å². The fourth-order valence-corrected chi connectivity index (χ4v) is 9.69. The van der Waals surface area contributed by atoms with Gasteiger partial charge in [-0.05, 0) is 101 Å². The lowest BCUT2D eigenvalue weighted by Crippen LogP contribution is -2.53. The Balaban J connectivity index is 1.27.